The van der Waals surface area contributed by atoms with Gasteiger partial charge in [-0.2, -0.15) is 0 Å². The normalized spacial score (nSPS) is 17.0. The van der Waals surface area contributed by atoms with Gasteiger partial charge in [0, 0.05) is 38.8 Å². The van der Waals surface area contributed by atoms with Crippen molar-refractivity contribution >= 4 is 11.9 Å². The second kappa shape index (κ2) is 9.58. The van der Waals surface area contributed by atoms with Gasteiger partial charge in [0.2, 0.25) is 5.91 Å². The van der Waals surface area contributed by atoms with Crippen LogP contribution in [0.3, 0.4) is 0 Å². The third kappa shape index (κ3) is 5.17. The number of nitrogens with one attached hydrogen (secondary N) is 1. The highest BCUT2D eigenvalue weighted by molar-refractivity contribution is 5.80. The molecule has 0 bridgehead atoms. The molecule has 2 heterocycles. The molecule has 1 aromatic heterocycles. The molecule has 1 fully saturated rings. The number of carboxylic acids is 1. The molecule has 0 saturated carbocycles. The van der Waals surface area contributed by atoms with Gasteiger partial charge in [-0.25, -0.2) is 4.68 Å². The van der Waals surface area contributed by atoms with Gasteiger partial charge in [0.15, 0.2) is 0 Å². The van der Waals surface area contributed by atoms with Gasteiger partial charge in [0.05, 0.1) is 12.1 Å². The summed E-state index contributed by atoms with van der Waals surface area (Å²) in [6.45, 7) is 7.09. The van der Waals surface area contributed by atoms with Crippen molar-refractivity contribution in [2.24, 2.45) is 5.92 Å². The highest BCUT2D eigenvalue weighted by Crippen LogP contribution is 2.23. The third-order valence-corrected chi connectivity index (χ3v) is 4.30. The molecular formula is C15H25ClN5O3-. The molecule has 1 amide bonds. The molecule has 0 aliphatic carbocycles. The average Bonchev–Trinajstić information content (AvgIpc) is 3.02. The lowest BCUT2D eigenvalue weighted by Gasteiger charge is -2.32. The molecule has 1 aliphatic rings. The quantitative estimate of drug-likeness (QED) is 0.551. The van der Waals surface area contributed by atoms with Gasteiger partial charge in [-0.05, 0) is 5.92 Å². The first-order valence-electron chi connectivity index (χ1n) is 8.15. The zero-order chi connectivity index (χ0) is 16.8. The van der Waals surface area contributed by atoms with Gasteiger partial charge in [0.25, 0.3) is 0 Å². The van der Waals surface area contributed by atoms with Crippen LogP contribution in [0.4, 0.5) is 0 Å². The summed E-state index contributed by atoms with van der Waals surface area (Å²) in [4.78, 5) is 25.4. The first-order chi connectivity index (χ1) is 11.0. The zero-order valence-electron chi connectivity index (χ0n) is 14.1. The molecule has 8 nitrogen and oxygen atoms in total. The number of halogens is 1. The zero-order valence-corrected chi connectivity index (χ0v) is 14.9. The topological polar surface area (TPSA) is 100 Å². The van der Waals surface area contributed by atoms with Gasteiger partial charge in [-0.3, -0.25) is 9.59 Å². The molecule has 2 atom stereocenters. The van der Waals surface area contributed by atoms with E-state index in [1.54, 1.807) is 10.9 Å². The smallest absolute Gasteiger partial charge is 0.303 e. The Morgan fingerprint density at radius 3 is 2.62 bits per heavy atom. The number of hydrogen-bond acceptors (Lipinski definition) is 5. The Morgan fingerprint density at radius 2 is 2.04 bits per heavy atom. The second-order valence-corrected chi connectivity index (χ2v) is 5.99. The molecule has 136 valence electrons. The first kappa shape index (κ1) is 20.4. The fourth-order valence-electron chi connectivity index (χ4n) is 2.71. The number of rotatable bonds is 7. The Kier molecular flexibility index (Phi) is 8.14. The number of aromatic nitrogens is 3. The van der Waals surface area contributed by atoms with E-state index < -0.39 is 5.97 Å². The van der Waals surface area contributed by atoms with Gasteiger partial charge < -0.3 is 27.7 Å². The standard InChI is InChI=1S/C15H25N5O3.ClH/c1-3-11(2)14(15(23)19-8-6-16-7-9-19)20-10-12(17-18-20)4-5-13(21)22;/h10-11,14,16H,3-9H2,1-2H3,(H,21,22);1H/p-1. The van der Waals surface area contributed by atoms with E-state index in [4.69, 9.17) is 5.11 Å². The van der Waals surface area contributed by atoms with E-state index in [0.717, 1.165) is 19.5 Å². The Bertz CT molecular complexity index is 545. The van der Waals surface area contributed by atoms with Crippen molar-refractivity contribution in [3.8, 4) is 0 Å². The largest absolute Gasteiger partial charge is 1.00 e. The molecule has 0 aromatic carbocycles. The van der Waals surface area contributed by atoms with E-state index in [1.807, 2.05) is 18.7 Å². The maximum absolute atomic E-state index is 12.9. The van der Waals surface area contributed by atoms with Crippen molar-refractivity contribution in [2.45, 2.75) is 39.2 Å². The molecule has 2 N–H and O–H groups in total. The van der Waals surface area contributed by atoms with Crippen LogP contribution in [0.15, 0.2) is 6.20 Å². The monoisotopic (exact) mass is 358 g/mol. The van der Waals surface area contributed by atoms with Crippen molar-refractivity contribution < 1.29 is 27.1 Å². The van der Waals surface area contributed by atoms with Crippen molar-refractivity contribution in [3.05, 3.63) is 11.9 Å². The van der Waals surface area contributed by atoms with Crippen molar-refractivity contribution in [2.75, 3.05) is 26.2 Å². The molecular weight excluding hydrogens is 334 g/mol. The minimum atomic E-state index is -0.866. The number of aryl methyl sites for hydroxylation is 1. The minimum absolute atomic E-state index is 0. The Hall–Kier alpha value is -1.67. The molecule has 1 aliphatic heterocycles. The minimum Gasteiger partial charge on any atom is -1.00 e. The Labute approximate surface area is 148 Å². The number of carboxylic acid groups (broad SMARTS) is 1. The van der Waals surface area contributed by atoms with Crippen LogP contribution in [-0.4, -0.2) is 63.1 Å². The van der Waals surface area contributed by atoms with E-state index >= 15 is 0 Å². The Balaban J connectivity index is 0.00000288. The number of amides is 1. The van der Waals surface area contributed by atoms with Crippen LogP contribution in [0.1, 0.15) is 38.4 Å². The number of aliphatic carboxylic acids is 1. The summed E-state index contributed by atoms with van der Waals surface area (Å²) in [6.07, 6.45) is 2.90. The molecule has 24 heavy (non-hydrogen) atoms. The fraction of sp³-hybridized carbons (Fsp3) is 0.733. The molecule has 1 aromatic rings. The van der Waals surface area contributed by atoms with Crippen LogP contribution in [0.5, 0.6) is 0 Å². The SMILES string of the molecule is CCC(C)C(C(=O)N1CCNCC1)n1cc(CCC(=O)O)nn1.[Cl-]. The number of carbonyl (C=O) groups excluding carboxylic acids is 1. The summed E-state index contributed by atoms with van der Waals surface area (Å²) < 4.78 is 1.61. The maximum atomic E-state index is 12.9. The maximum Gasteiger partial charge on any atom is 0.303 e. The van der Waals surface area contributed by atoms with Crippen LogP contribution >= 0.6 is 0 Å². The number of nitrogens with zero attached hydrogens (tertiary/aromatic N) is 4. The van der Waals surface area contributed by atoms with Crippen molar-refractivity contribution in [1.82, 2.24) is 25.2 Å². The van der Waals surface area contributed by atoms with Crippen molar-refractivity contribution in [1.29, 1.82) is 0 Å². The predicted molar refractivity (Wildman–Crippen MR) is 83.9 cm³/mol. The summed E-state index contributed by atoms with van der Waals surface area (Å²) >= 11 is 0. The lowest BCUT2D eigenvalue weighted by atomic mass is 9.97. The number of carbonyl (C=O) groups is 2. The summed E-state index contributed by atoms with van der Waals surface area (Å²) in [7, 11) is 0. The lowest BCUT2D eigenvalue weighted by molar-refractivity contribution is -0.138. The summed E-state index contributed by atoms with van der Waals surface area (Å²) in [6, 6.07) is -0.385. The predicted octanol–water partition coefficient (Wildman–Crippen LogP) is -2.68. The molecule has 1 saturated heterocycles. The lowest BCUT2D eigenvalue weighted by Crippen LogP contribution is -3.00. The van der Waals surface area contributed by atoms with E-state index in [2.05, 4.69) is 15.6 Å². The van der Waals surface area contributed by atoms with Gasteiger partial charge >= 0.3 is 5.97 Å². The second-order valence-electron chi connectivity index (χ2n) is 5.99. The molecule has 9 heteroatoms. The van der Waals surface area contributed by atoms with Crippen LogP contribution in [0, 0.1) is 5.92 Å². The van der Waals surface area contributed by atoms with Gasteiger partial charge in [0.1, 0.15) is 6.04 Å². The highest BCUT2D eigenvalue weighted by atomic mass is 35.5. The summed E-state index contributed by atoms with van der Waals surface area (Å²) in [5, 5.41) is 20.1. The van der Waals surface area contributed by atoms with Gasteiger partial charge in [-0.15, -0.1) is 5.10 Å². The third-order valence-electron chi connectivity index (χ3n) is 4.30. The molecule has 2 unspecified atom stereocenters. The molecule has 0 spiro atoms. The average molecular weight is 359 g/mol. The molecule has 0 radical (unpaired) electrons. The van der Waals surface area contributed by atoms with E-state index in [-0.39, 0.29) is 36.7 Å². The van der Waals surface area contributed by atoms with E-state index in [9.17, 15) is 9.59 Å². The fourth-order valence-corrected chi connectivity index (χ4v) is 2.71. The summed E-state index contributed by atoms with van der Waals surface area (Å²) in [5.74, 6) is -0.670. The van der Waals surface area contributed by atoms with Crippen LogP contribution in [0.2, 0.25) is 0 Å². The molecule has 2 rings (SSSR count). The first-order valence-corrected chi connectivity index (χ1v) is 8.15. The van der Waals surface area contributed by atoms with Crippen LogP contribution in [-0.2, 0) is 16.0 Å². The summed E-state index contributed by atoms with van der Waals surface area (Å²) in [5.41, 5.74) is 0.605. The van der Waals surface area contributed by atoms with Crippen LogP contribution in [0.25, 0.3) is 0 Å². The van der Waals surface area contributed by atoms with Crippen molar-refractivity contribution in [3.63, 3.8) is 0 Å². The van der Waals surface area contributed by atoms with Gasteiger partial charge in [-0.1, -0.05) is 25.5 Å². The van der Waals surface area contributed by atoms with Crippen LogP contribution < -0.4 is 17.7 Å². The van der Waals surface area contributed by atoms with E-state index in [0.29, 0.717) is 25.2 Å². The number of hydrogen-bond donors (Lipinski definition) is 2. The Morgan fingerprint density at radius 1 is 1.38 bits per heavy atom. The number of piperazine rings is 1. The highest BCUT2D eigenvalue weighted by Gasteiger charge is 2.31. The van der Waals surface area contributed by atoms with E-state index in [1.165, 1.54) is 0 Å².